The largest absolute Gasteiger partial charge is 0.351 e. The Labute approximate surface area is 158 Å². The molecule has 3 rings (SSSR count). The van der Waals surface area contributed by atoms with Crippen LogP contribution in [0.2, 0.25) is 0 Å². The molecular formula is C19H30N6O2. The van der Waals surface area contributed by atoms with Crippen molar-refractivity contribution in [3.63, 3.8) is 0 Å². The van der Waals surface area contributed by atoms with Crippen molar-refractivity contribution >= 4 is 17.1 Å². The first-order valence-corrected chi connectivity index (χ1v) is 9.58. The van der Waals surface area contributed by atoms with Gasteiger partial charge in [-0.1, -0.05) is 24.5 Å². The van der Waals surface area contributed by atoms with Gasteiger partial charge in [0, 0.05) is 32.7 Å². The average molecular weight is 374 g/mol. The number of anilines is 1. The van der Waals surface area contributed by atoms with Gasteiger partial charge in [0.2, 0.25) is 5.95 Å². The minimum Gasteiger partial charge on any atom is -0.351 e. The number of rotatable bonds is 5. The first-order chi connectivity index (χ1) is 12.8. The quantitative estimate of drug-likeness (QED) is 0.772. The maximum absolute atomic E-state index is 12.8. The van der Waals surface area contributed by atoms with Crippen LogP contribution in [-0.2, 0) is 20.6 Å². The van der Waals surface area contributed by atoms with Crippen LogP contribution in [0.5, 0.6) is 0 Å². The van der Waals surface area contributed by atoms with Gasteiger partial charge in [0.15, 0.2) is 11.2 Å². The van der Waals surface area contributed by atoms with Crippen molar-refractivity contribution < 1.29 is 0 Å². The summed E-state index contributed by atoms with van der Waals surface area (Å²) in [5.74, 6) is 0.646. The van der Waals surface area contributed by atoms with E-state index in [1.807, 2.05) is 25.5 Å². The van der Waals surface area contributed by atoms with E-state index in [4.69, 9.17) is 0 Å². The number of allylic oxidation sites excluding steroid dienone is 2. The van der Waals surface area contributed by atoms with Crippen LogP contribution < -0.4 is 21.9 Å². The Hall–Kier alpha value is -2.35. The van der Waals surface area contributed by atoms with Gasteiger partial charge in [-0.25, -0.2) is 4.79 Å². The standard InChI is InChI=1S/C19H30N6O2/c1-12(2)10-11-25-15-16(23(4)19(27)24(5)17(15)26)22-18(25)21-14-9-7-6-8-13(14)20-3/h10,13-14,20H,6-9,11H2,1-5H3,(H,21,22)/t13-,14+/m0/s1. The van der Waals surface area contributed by atoms with Crippen molar-refractivity contribution in [3.8, 4) is 0 Å². The third kappa shape index (κ3) is 3.58. The zero-order chi connectivity index (χ0) is 19.7. The molecule has 0 radical (unpaired) electrons. The smallest absolute Gasteiger partial charge is 0.332 e. The lowest BCUT2D eigenvalue weighted by molar-refractivity contribution is 0.359. The zero-order valence-corrected chi connectivity index (χ0v) is 16.9. The van der Waals surface area contributed by atoms with E-state index in [1.165, 1.54) is 24.5 Å². The summed E-state index contributed by atoms with van der Waals surface area (Å²) in [6.45, 7) is 4.59. The number of fused-ring (bicyclic) bond motifs is 1. The molecule has 1 fully saturated rings. The fraction of sp³-hybridized carbons (Fsp3) is 0.632. The highest BCUT2D eigenvalue weighted by atomic mass is 16.2. The van der Waals surface area contributed by atoms with Crippen molar-refractivity contribution in [1.29, 1.82) is 0 Å². The molecular weight excluding hydrogens is 344 g/mol. The van der Waals surface area contributed by atoms with Crippen LogP contribution in [0.3, 0.4) is 0 Å². The third-order valence-electron chi connectivity index (χ3n) is 5.48. The highest BCUT2D eigenvalue weighted by Gasteiger charge is 2.26. The molecule has 2 atom stereocenters. The molecule has 0 bridgehead atoms. The molecule has 8 heteroatoms. The second-order valence-corrected chi connectivity index (χ2v) is 7.64. The predicted octanol–water partition coefficient (Wildman–Crippen LogP) is 1.34. The second-order valence-electron chi connectivity index (χ2n) is 7.64. The fourth-order valence-electron chi connectivity index (χ4n) is 3.82. The second kappa shape index (κ2) is 7.72. The Kier molecular flexibility index (Phi) is 5.55. The molecule has 2 aromatic rings. The summed E-state index contributed by atoms with van der Waals surface area (Å²) in [6.07, 6.45) is 6.61. The summed E-state index contributed by atoms with van der Waals surface area (Å²) in [5, 5.41) is 6.94. The van der Waals surface area contributed by atoms with E-state index in [9.17, 15) is 9.59 Å². The highest BCUT2D eigenvalue weighted by molar-refractivity contribution is 5.74. The van der Waals surface area contributed by atoms with Crippen molar-refractivity contribution in [1.82, 2.24) is 24.0 Å². The van der Waals surface area contributed by atoms with Gasteiger partial charge in [0.25, 0.3) is 5.56 Å². The van der Waals surface area contributed by atoms with Crippen LogP contribution in [0.1, 0.15) is 39.5 Å². The third-order valence-corrected chi connectivity index (χ3v) is 5.48. The molecule has 0 aliphatic heterocycles. The number of hydrogen-bond donors (Lipinski definition) is 2. The maximum atomic E-state index is 12.8. The van der Waals surface area contributed by atoms with Gasteiger partial charge in [0.1, 0.15) is 0 Å². The van der Waals surface area contributed by atoms with Crippen molar-refractivity contribution in [2.45, 2.75) is 58.2 Å². The normalized spacial score (nSPS) is 20.0. The van der Waals surface area contributed by atoms with Gasteiger partial charge in [-0.2, -0.15) is 4.98 Å². The van der Waals surface area contributed by atoms with E-state index in [0.29, 0.717) is 29.7 Å². The topological polar surface area (TPSA) is 85.9 Å². The number of nitrogens with one attached hydrogen (secondary N) is 2. The van der Waals surface area contributed by atoms with Gasteiger partial charge < -0.3 is 15.2 Å². The van der Waals surface area contributed by atoms with Crippen LogP contribution in [0.4, 0.5) is 5.95 Å². The van der Waals surface area contributed by atoms with Crippen LogP contribution in [0.15, 0.2) is 21.2 Å². The Balaban J connectivity index is 2.16. The molecule has 2 heterocycles. The fourth-order valence-corrected chi connectivity index (χ4v) is 3.82. The van der Waals surface area contributed by atoms with Gasteiger partial charge in [-0.3, -0.25) is 13.9 Å². The van der Waals surface area contributed by atoms with Gasteiger partial charge in [-0.05, 0) is 33.7 Å². The van der Waals surface area contributed by atoms with E-state index in [1.54, 1.807) is 7.05 Å². The minimum atomic E-state index is -0.364. The summed E-state index contributed by atoms with van der Waals surface area (Å²) in [5.41, 5.74) is 1.36. The maximum Gasteiger partial charge on any atom is 0.332 e. The lowest BCUT2D eigenvalue weighted by atomic mass is 9.90. The van der Waals surface area contributed by atoms with E-state index in [-0.39, 0.29) is 17.3 Å². The lowest BCUT2D eigenvalue weighted by Crippen LogP contribution is -2.45. The highest BCUT2D eigenvalue weighted by Crippen LogP contribution is 2.24. The summed E-state index contributed by atoms with van der Waals surface area (Å²) in [6, 6.07) is 0.606. The SMILES string of the molecule is CN[C@H]1CCCC[C@H]1Nc1nc2c(c(=O)n(C)c(=O)n2C)n1CC=C(C)C. The molecule has 27 heavy (non-hydrogen) atoms. The number of hydrogen-bond acceptors (Lipinski definition) is 5. The van der Waals surface area contributed by atoms with Crippen LogP contribution in [-0.4, -0.2) is 37.8 Å². The number of likely N-dealkylation sites (N-methyl/N-ethyl adjacent to an activating group) is 1. The summed E-state index contributed by atoms with van der Waals surface area (Å²) < 4.78 is 4.48. The molecule has 1 aliphatic rings. The first kappa shape index (κ1) is 19.4. The summed E-state index contributed by atoms with van der Waals surface area (Å²) in [7, 11) is 5.15. The zero-order valence-electron chi connectivity index (χ0n) is 16.9. The Morgan fingerprint density at radius 1 is 1.15 bits per heavy atom. The average Bonchev–Trinajstić information content (AvgIpc) is 3.01. The van der Waals surface area contributed by atoms with Gasteiger partial charge in [-0.15, -0.1) is 0 Å². The van der Waals surface area contributed by atoms with Crippen molar-refractivity contribution in [2.24, 2.45) is 14.1 Å². The van der Waals surface area contributed by atoms with E-state index >= 15 is 0 Å². The molecule has 0 aromatic carbocycles. The molecule has 0 unspecified atom stereocenters. The van der Waals surface area contributed by atoms with Gasteiger partial charge >= 0.3 is 5.69 Å². The van der Waals surface area contributed by atoms with Crippen LogP contribution >= 0.6 is 0 Å². The molecule has 0 spiro atoms. The number of imidazole rings is 1. The monoisotopic (exact) mass is 374 g/mol. The van der Waals surface area contributed by atoms with Gasteiger partial charge in [0.05, 0.1) is 0 Å². The molecule has 8 nitrogen and oxygen atoms in total. The number of aryl methyl sites for hydroxylation is 1. The molecule has 1 aliphatic carbocycles. The van der Waals surface area contributed by atoms with E-state index in [2.05, 4.69) is 21.7 Å². The Morgan fingerprint density at radius 3 is 2.44 bits per heavy atom. The first-order valence-electron chi connectivity index (χ1n) is 9.58. The van der Waals surface area contributed by atoms with Crippen molar-refractivity contribution in [2.75, 3.05) is 12.4 Å². The molecule has 148 valence electrons. The predicted molar refractivity (Wildman–Crippen MR) is 108 cm³/mol. The van der Waals surface area contributed by atoms with E-state index in [0.717, 1.165) is 23.0 Å². The lowest BCUT2D eigenvalue weighted by Gasteiger charge is -2.32. The molecule has 2 aromatic heterocycles. The van der Waals surface area contributed by atoms with Crippen molar-refractivity contribution in [3.05, 3.63) is 32.5 Å². The number of aromatic nitrogens is 4. The minimum absolute atomic E-state index is 0.242. The molecule has 0 amide bonds. The molecule has 2 N–H and O–H groups in total. The van der Waals surface area contributed by atoms with E-state index < -0.39 is 0 Å². The van der Waals surface area contributed by atoms with Crippen LogP contribution in [0.25, 0.3) is 11.2 Å². The summed E-state index contributed by atoms with van der Waals surface area (Å²) in [4.78, 5) is 29.8. The molecule has 1 saturated carbocycles. The molecule has 0 saturated heterocycles. The number of nitrogens with zero attached hydrogens (tertiary/aromatic N) is 4. The summed E-state index contributed by atoms with van der Waals surface area (Å²) >= 11 is 0. The Bertz CT molecular complexity index is 977. The van der Waals surface area contributed by atoms with Crippen LogP contribution in [0, 0.1) is 0 Å². The Morgan fingerprint density at radius 2 is 1.81 bits per heavy atom.